The minimum atomic E-state index is -0.339. The fourth-order valence-corrected chi connectivity index (χ4v) is 12.0. The normalized spacial score (nSPS) is 11.5. The number of aryl methyl sites for hydroxylation is 8. The van der Waals surface area contributed by atoms with E-state index in [1.54, 1.807) is 24.3 Å². The zero-order valence-corrected chi connectivity index (χ0v) is 45.9. The molecule has 0 saturated heterocycles. The molecule has 0 aliphatic rings. The Morgan fingerprint density at radius 1 is 0.200 bits per heavy atom. The lowest BCUT2D eigenvalue weighted by Gasteiger charge is -2.36. The summed E-state index contributed by atoms with van der Waals surface area (Å²) in [7, 11) is 0. The molecule has 12 aromatic carbocycles. The maximum absolute atomic E-state index is 15.4. The molecule has 0 aliphatic carbocycles. The molecule has 0 N–H and O–H groups in total. The molecule has 0 bridgehead atoms. The number of halogens is 4. The molecule has 0 atom stereocenters. The van der Waals surface area contributed by atoms with Crippen LogP contribution in [0.5, 0.6) is 0 Å². The predicted molar refractivity (Wildman–Crippen MR) is 327 cm³/mol. The Morgan fingerprint density at radius 2 is 0.400 bits per heavy atom. The number of anilines is 12. The quantitative estimate of drug-likeness (QED) is 0.0893. The van der Waals surface area contributed by atoms with E-state index in [1.807, 2.05) is 100 Å². The van der Waals surface area contributed by atoms with Gasteiger partial charge in [0.05, 0.1) is 22.7 Å². The van der Waals surface area contributed by atoms with E-state index >= 15 is 17.6 Å². The first-order valence-corrected chi connectivity index (χ1v) is 26.9. The van der Waals surface area contributed by atoms with Crippen LogP contribution in [0, 0.1) is 78.7 Å². The van der Waals surface area contributed by atoms with E-state index in [2.05, 4.69) is 132 Å². The molecule has 0 fully saturated rings. The van der Waals surface area contributed by atoms with Gasteiger partial charge in [-0.15, -0.1) is 0 Å². The summed E-state index contributed by atoms with van der Waals surface area (Å²) in [6, 6.07) is 66.0. The monoisotopic (exact) mass is 1050 g/mol. The first-order chi connectivity index (χ1) is 38.7. The van der Waals surface area contributed by atoms with E-state index in [4.69, 9.17) is 0 Å². The molecule has 12 aromatic rings. The summed E-state index contributed by atoms with van der Waals surface area (Å²) in [6.45, 7) is 16.1. The minimum Gasteiger partial charge on any atom is -0.309 e. The summed E-state index contributed by atoms with van der Waals surface area (Å²) >= 11 is 0. The summed E-state index contributed by atoms with van der Waals surface area (Å²) in [5.41, 5.74) is 17.0. The SMILES string of the molecule is Cc1ccccc1N(c1ccc(F)cc1C)c1cc(N(c2ccccc2C)c2ccc(F)cc2C)c2ccc3c(N(c4ccccc4C)c4ccc(F)cc4C)cc(N(c4ccccc4C)c4ccc(F)cc4C)c4ccc1c2c43. The van der Waals surface area contributed by atoms with Gasteiger partial charge in [0.2, 0.25) is 0 Å². The summed E-state index contributed by atoms with van der Waals surface area (Å²) in [5.74, 6) is -1.36. The van der Waals surface area contributed by atoms with Gasteiger partial charge >= 0.3 is 0 Å². The van der Waals surface area contributed by atoms with Crippen LogP contribution < -0.4 is 19.6 Å². The molecule has 4 nitrogen and oxygen atoms in total. The predicted octanol–water partition coefficient (Wildman–Crippen LogP) is 21.5. The molecular weight excluding hydrogens is 997 g/mol. The Kier molecular flexibility index (Phi) is 13.1. The fourth-order valence-electron chi connectivity index (χ4n) is 12.0. The van der Waals surface area contributed by atoms with Gasteiger partial charge in [-0.2, -0.15) is 0 Å². The average Bonchev–Trinajstić information content (AvgIpc) is 2.08. The number of hydrogen-bond donors (Lipinski definition) is 0. The van der Waals surface area contributed by atoms with Crippen molar-refractivity contribution in [2.24, 2.45) is 0 Å². The molecule has 12 rings (SSSR count). The molecule has 0 aromatic heterocycles. The smallest absolute Gasteiger partial charge is 0.123 e. The molecule has 8 heteroatoms. The summed E-state index contributed by atoms with van der Waals surface area (Å²) < 4.78 is 61.6. The first-order valence-electron chi connectivity index (χ1n) is 26.9. The van der Waals surface area contributed by atoms with Crippen LogP contribution in [-0.4, -0.2) is 0 Å². The molecular formula is C72H58F4N4. The number of benzene rings is 12. The van der Waals surface area contributed by atoms with Crippen molar-refractivity contribution in [1.82, 2.24) is 0 Å². The molecule has 0 spiro atoms. The third-order valence-electron chi connectivity index (χ3n) is 15.8. The van der Waals surface area contributed by atoms with Gasteiger partial charge < -0.3 is 19.6 Å². The maximum Gasteiger partial charge on any atom is 0.123 e. The second-order valence-electron chi connectivity index (χ2n) is 21.1. The van der Waals surface area contributed by atoms with Gasteiger partial charge in [-0.25, -0.2) is 17.6 Å². The molecule has 0 amide bonds. The van der Waals surface area contributed by atoms with Gasteiger partial charge in [0.15, 0.2) is 0 Å². The van der Waals surface area contributed by atoms with Crippen LogP contribution in [0.4, 0.5) is 85.8 Å². The molecule has 0 aliphatic heterocycles. The highest BCUT2D eigenvalue weighted by atomic mass is 19.1. The van der Waals surface area contributed by atoms with Gasteiger partial charge in [0.25, 0.3) is 0 Å². The van der Waals surface area contributed by atoms with Crippen LogP contribution in [0.2, 0.25) is 0 Å². The van der Waals surface area contributed by atoms with Crippen LogP contribution in [0.3, 0.4) is 0 Å². The number of hydrogen-bond acceptors (Lipinski definition) is 4. The number of para-hydroxylation sites is 4. The Balaban J connectivity index is 1.34. The van der Waals surface area contributed by atoms with E-state index in [0.717, 1.165) is 145 Å². The standard InChI is InChI=1S/C72H58F4N4/c1-43-17-9-13-21-59(43)77(63-33-25-51(73)37-47(63)5)67-41-68(78(60-22-14-10-18-44(60)2)64-34-26-52(74)38-48(64)6)56-31-32-58-70(80(62-24-16-12-20-46(62)4)66-36-28-54(76)40-50(66)8)42-69(57-30-29-55(67)71(56)72(57)58)79(61-23-15-11-19-45(61)3)65-35-27-53(75)39-49(65)7/h9-42H,1-8H3. The van der Waals surface area contributed by atoms with Crippen LogP contribution in [0.15, 0.2) is 206 Å². The number of rotatable bonds is 12. The number of nitrogens with zero attached hydrogens (tertiary/aromatic N) is 4. The van der Waals surface area contributed by atoms with Crippen molar-refractivity contribution in [2.45, 2.75) is 55.4 Å². The molecule has 0 radical (unpaired) electrons. The topological polar surface area (TPSA) is 13.0 Å². The van der Waals surface area contributed by atoms with E-state index in [1.165, 1.54) is 24.3 Å². The Morgan fingerprint density at radius 3 is 0.600 bits per heavy atom. The lowest BCUT2D eigenvalue weighted by Crippen LogP contribution is -2.18. The maximum atomic E-state index is 15.4. The van der Waals surface area contributed by atoms with Crippen molar-refractivity contribution in [3.63, 3.8) is 0 Å². The van der Waals surface area contributed by atoms with E-state index in [0.29, 0.717) is 0 Å². The lowest BCUT2D eigenvalue weighted by molar-refractivity contribution is 0.626. The highest BCUT2D eigenvalue weighted by Crippen LogP contribution is 2.56. The van der Waals surface area contributed by atoms with Crippen molar-refractivity contribution in [3.05, 3.63) is 274 Å². The zero-order valence-electron chi connectivity index (χ0n) is 45.9. The van der Waals surface area contributed by atoms with Crippen molar-refractivity contribution in [1.29, 1.82) is 0 Å². The van der Waals surface area contributed by atoms with E-state index in [9.17, 15) is 0 Å². The second kappa shape index (κ2) is 20.4. The van der Waals surface area contributed by atoms with Crippen LogP contribution in [-0.2, 0) is 0 Å². The van der Waals surface area contributed by atoms with Crippen molar-refractivity contribution < 1.29 is 17.6 Å². The molecule has 80 heavy (non-hydrogen) atoms. The lowest BCUT2D eigenvalue weighted by atomic mass is 9.88. The van der Waals surface area contributed by atoms with Crippen molar-refractivity contribution >= 4 is 101 Å². The van der Waals surface area contributed by atoms with Crippen molar-refractivity contribution in [2.75, 3.05) is 19.6 Å². The van der Waals surface area contributed by atoms with Gasteiger partial charge in [-0.05, 0) is 209 Å². The van der Waals surface area contributed by atoms with Crippen molar-refractivity contribution in [3.8, 4) is 0 Å². The highest BCUT2D eigenvalue weighted by molar-refractivity contribution is 6.33. The Labute approximate surface area is 465 Å². The summed E-state index contributed by atoms with van der Waals surface area (Å²) in [5, 5.41) is 5.54. The average molecular weight is 1060 g/mol. The molecule has 0 heterocycles. The highest BCUT2D eigenvalue weighted by Gasteiger charge is 2.31. The van der Waals surface area contributed by atoms with Gasteiger partial charge in [-0.1, -0.05) is 97.1 Å². The van der Waals surface area contributed by atoms with E-state index < -0.39 is 0 Å². The van der Waals surface area contributed by atoms with E-state index in [-0.39, 0.29) is 23.3 Å². The van der Waals surface area contributed by atoms with Crippen LogP contribution >= 0.6 is 0 Å². The molecule has 0 saturated carbocycles. The van der Waals surface area contributed by atoms with Gasteiger partial charge in [0.1, 0.15) is 23.3 Å². The third kappa shape index (κ3) is 8.81. The minimum absolute atomic E-state index is 0.339. The first kappa shape index (κ1) is 51.4. The van der Waals surface area contributed by atoms with Crippen LogP contribution in [0.1, 0.15) is 44.5 Å². The molecule has 394 valence electrons. The zero-order chi connectivity index (χ0) is 55.7. The molecule has 0 unspecified atom stereocenters. The van der Waals surface area contributed by atoms with Gasteiger partial charge in [-0.3, -0.25) is 0 Å². The van der Waals surface area contributed by atoms with Crippen LogP contribution in [0.25, 0.3) is 32.3 Å². The van der Waals surface area contributed by atoms with Gasteiger partial charge in [0, 0.05) is 77.8 Å². The second-order valence-corrected chi connectivity index (χ2v) is 21.1. The summed E-state index contributed by atoms with van der Waals surface area (Å²) in [4.78, 5) is 8.99. The Bertz CT molecular complexity index is 3840. The third-order valence-corrected chi connectivity index (χ3v) is 15.8. The largest absolute Gasteiger partial charge is 0.309 e. The Hall–Kier alpha value is -9.40. The fraction of sp³-hybridized carbons (Fsp3) is 0.111. The summed E-state index contributed by atoms with van der Waals surface area (Å²) in [6.07, 6.45) is 0.